The van der Waals surface area contributed by atoms with E-state index in [1.807, 2.05) is 0 Å². The molecule has 0 amide bonds. The highest BCUT2D eigenvalue weighted by Crippen LogP contribution is 2.21. The first kappa shape index (κ1) is 43.2. The molecule has 0 aliphatic heterocycles. The third kappa shape index (κ3) is 62.4. The molecule has 0 spiro atoms. The maximum atomic E-state index is 8.12. The molecule has 0 aromatic carbocycles. The Morgan fingerprint density at radius 3 is 1.22 bits per heavy atom. The van der Waals surface area contributed by atoms with Gasteiger partial charge in [-0.05, 0) is 44.7 Å². The lowest BCUT2D eigenvalue weighted by molar-refractivity contribution is -0.193. The van der Waals surface area contributed by atoms with Crippen LogP contribution in [-0.4, -0.2) is 28.9 Å². The van der Waals surface area contributed by atoms with Gasteiger partial charge in [0.25, 0.3) is 0 Å². The average molecular weight is 371 g/mol. The first-order valence-electron chi connectivity index (χ1n) is 6.14. The van der Waals surface area contributed by atoms with Crippen LogP contribution in [0, 0.1) is 5.92 Å². The molecule has 0 aliphatic rings. The maximum absolute atomic E-state index is 8.12. The van der Waals surface area contributed by atoms with Gasteiger partial charge in [0.05, 0.1) is 0 Å². The average Bonchev–Trinajstić information content (AvgIpc) is 2.13. The molecule has 0 aliphatic carbocycles. The van der Waals surface area contributed by atoms with Gasteiger partial charge in [-0.3, -0.25) is 0 Å². The Kier molecular flexibility index (Phi) is 44.0. The second kappa shape index (κ2) is 23.4. The maximum Gasteiger partial charge on any atom is 0.373 e. The van der Waals surface area contributed by atoms with Gasteiger partial charge in [0.2, 0.25) is 0 Å². The van der Waals surface area contributed by atoms with Gasteiger partial charge in [0.1, 0.15) is 0 Å². The number of hydrogen-bond acceptors (Lipinski definition) is 5. The first-order valence-corrected chi connectivity index (χ1v) is 12.7. The Hall–Kier alpha value is -0.846. The molecule has 0 radical (unpaired) electrons. The third-order valence-corrected chi connectivity index (χ3v) is 8.06. The van der Waals surface area contributed by atoms with Crippen molar-refractivity contribution in [1.82, 2.24) is 0 Å². The van der Waals surface area contributed by atoms with E-state index in [4.69, 9.17) is 23.3 Å². The van der Waals surface area contributed by atoms with Crippen LogP contribution in [0.4, 0.5) is 0 Å². The lowest BCUT2D eigenvalue weighted by Crippen LogP contribution is -2.42. The lowest BCUT2D eigenvalue weighted by Gasteiger charge is -2.32. The molecule has 0 atom stereocenters. The van der Waals surface area contributed by atoms with Crippen LogP contribution in [0.25, 0.3) is 0 Å². The molecule has 7 heteroatoms. The summed E-state index contributed by atoms with van der Waals surface area (Å²) in [6, 6.07) is 1.31. The lowest BCUT2D eigenvalue weighted by atomic mass is 10.2. The van der Waals surface area contributed by atoms with E-state index in [-0.39, 0.29) is 42.0 Å². The largest absolute Gasteiger partial charge is 0.456 e. The molecular formula is C16H42O5Si2. The third-order valence-electron chi connectivity index (χ3n) is 1.91. The summed E-state index contributed by atoms with van der Waals surface area (Å²) in [6.07, 6.45) is 1.82. The van der Waals surface area contributed by atoms with Gasteiger partial charge >= 0.3 is 12.3 Å². The Labute approximate surface area is 147 Å². The van der Waals surface area contributed by atoms with Crippen molar-refractivity contribution in [3.8, 4) is 0 Å². The topological polar surface area (TPSA) is 77.5 Å². The van der Waals surface area contributed by atoms with Gasteiger partial charge in [-0.25, -0.2) is 0 Å². The molecule has 0 saturated carbocycles. The molecule has 0 aromatic rings. The summed E-state index contributed by atoms with van der Waals surface area (Å²) in [4.78, 5) is 32.5. The van der Waals surface area contributed by atoms with Gasteiger partial charge < -0.3 is 4.12 Å². The van der Waals surface area contributed by atoms with Crippen LogP contribution >= 0.6 is 0 Å². The summed E-state index contributed by atoms with van der Waals surface area (Å²) >= 11 is 0. The molecule has 0 rings (SSSR count). The smallest absolute Gasteiger partial charge is 0.373 e. The van der Waals surface area contributed by atoms with Crippen molar-refractivity contribution in [2.45, 2.75) is 88.8 Å². The van der Waals surface area contributed by atoms with E-state index >= 15 is 0 Å². The zero-order valence-electron chi connectivity index (χ0n) is 13.0. The Balaban J connectivity index is -0.0000000448. The molecular weight excluding hydrogens is 328 g/mol. The fourth-order valence-corrected chi connectivity index (χ4v) is 9.83. The van der Waals surface area contributed by atoms with Gasteiger partial charge in [0, 0.05) is 0 Å². The van der Waals surface area contributed by atoms with E-state index < -0.39 is 16.6 Å². The van der Waals surface area contributed by atoms with E-state index in [0.717, 1.165) is 5.92 Å². The molecule has 0 bridgehead atoms. The zero-order valence-corrected chi connectivity index (χ0v) is 15.0. The normalized spacial score (nSPS) is 8.52. The number of rotatable bonds is 5. The van der Waals surface area contributed by atoms with E-state index in [9.17, 15) is 0 Å². The van der Waals surface area contributed by atoms with E-state index in [1.165, 1.54) is 12.5 Å². The molecule has 5 nitrogen and oxygen atoms in total. The minimum atomic E-state index is -1.34. The number of hydrogen-bond donors (Lipinski definition) is 0. The fraction of sp³-hybridized carbons (Fsp3) is 0.875. The molecule has 0 saturated heterocycles. The summed E-state index contributed by atoms with van der Waals surface area (Å²) in [5, 5.41) is 0. The predicted molar refractivity (Wildman–Crippen MR) is 103 cm³/mol. The summed E-state index contributed by atoms with van der Waals surface area (Å²) in [5.74, 6) is 0.817. The van der Waals surface area contributed by atoms with Gasteiger partial charge in [-0.15, -0.1) is 0 Å². The van der Waals surface area contributed by atoms with Crippen molar-refractivity contribution < 1.29 is 23.3 Å². The fourth-order valence-electron chi connectivity index (χ4n) is 1.52. The predicted octanol–water partition coefficient (Wildman–Crippen LogP) is 5.47. The van der Waals surface area contributed by atoms with Gasteiger partial charge in [0.15, 0.2) is 16.6 Å². The van der Waals surface area contributed by atoms with Crippen molar-refractivity contribution in [3.05, 3.63) is 0 Å². The Morgan fingerprint density at radius 1 is 0.783 bits per heavy atom. The molecule has 0 fully saturated rings. The van der Waals surface area contributed by atoms with Crippen LogP contribution in [0.1, 0.15) is 50.0 Å². The first-order chi connectivity index (χ1) is 8.45. The van der Waals surface area contributed by atoms with Crippen LogP contribution in [0.5, 0.6) is 0 Å². The van der Waals surface area contributed by atoms with Crippen LogP contribution in [0.3, 0.4) is 0 Å². The van der Waals surface area contributed by atoms with E-state index in [0.29, 0.717) is 0 Å². The molecule has 23 heavy (non-hydrogen) atoms. The number of carbonyl (C=O) groups excluding carboxylic acids is 4. The van der Waals surface area contributed by atoms with Crippen molar-refractivity contribution >= 4 is 28.9 Å². The van der Waals surface area contributed by atoms with Gasteiger partial charge in [-0.2, -0.15) is 19.2 Å². The SMILES string of the molecule is C.C.C.C.CC(C)CC[Si](C)(C)O[Si](C)(C)C.O=C=O.O=C=O. The minimum Gasteiger partial charge on any atom is -0.456 e. The highest BCUT2D eigenvalue weighted by atomic mass is 28.4. The quantitative estimate of drug-likeness (QED) is 0.600. The van der Waals surface area contributed by atoms with Crippen molar-refractivity contribution in [1.29, 1.82) is 0 Å². The van der Waals surface area contributed by atoms with E-state index in [1.54, 1.807) is 0 Å². The highest BCUT2D eigenvalue weighted by molar-refractivity contribution is 6.84. The molecule has 0 unspecified atom stereocenters. The second-order valence-electron chi connectivity index (χ2n) is 6.07. The Bertz CT molecular complexity index is 273. The molecule has 144 valence electrons. The molecule has 0 aromatic heterocycles. The Morgan fingerprint density at radius 2 is 1.04 bits per heavy atom. The van der Waals surface area contributed by atoms with Crippen LogP contribution < -0.4 is 0 Å². The van der Waals surface area contributed by atoms with E-state index in [2.05, 4.69) is 46.6 Å². The minimum absolute atomic E-state index is 0. The van der Waals surface area contributed by atoms with Crippen molar-refractivity contribution in [2.24, 2.45) is 5.92 Å². The van der Waals surface area contributed by atoms with Crippen LogP contribution in [-0.2, 0) is 23.3 Å². The molecule has 0 N–H and O–H groups in total. The highest BCUT2D eigenvalue weighted by Gasteiger charge is 2.29. The van der Waals surface area contributed by atoms with Gasteiger partial charge in [-0.1, -0.05) is 50.0 Å². The molecule has 0 heterocycles. The second-order valence-corrected chi connectivity index (χ2v) is 15.1. The summed E-state index contributed by atoms with van der Waals surface area (Å²) in [5.41, 5.74) is 0. The summed E-state index contributed by atoms with van der Waals surface area (Å²) in [7, 11) is -2.64. The van der Waals surface area contributed by atoms with Crippen molar-refractivity contribution in [2.75, 3.05) is 0 Å². The standard InChI is InChI=1S/C10H26OSi2.2CO2.4CH4/c1-10(2)8-9-13(6,7)11-12(3,4)5;2*2-1-3;;;;/h10H,8-9H2,1-7H3;;;4*1H4. The van der Waals surface area contributed by atoms with Crippen molar-refractivity contribution in [3.63, 3.8) is 0 Å². The summed E-state index contributed by atoms with van der Waals surface area (Å²) < 4.78 is 6.25. The zero-order chi connectivity index (χ0) is 16.1. The monoisotopic (exact) mass is 370 g/mol. The van der Waals surface area contributed by atoms with Crippen LogP contribution in [0.15, 0.2) is 0 Å². The summed E-state index contributed by atoms with van der Waals surface area (Å²) in [6.45, 7) is 16.2. The van der Waals surface area contributed by atoms with Crippen LogP contribution in [0.2, 0.25) is 38.8 Å².